The summed E-state index contributed by atoms with van der Waals surface area (Å²) in [6.07, 6.45) is 7.00. The van der Waals surface area contributed by atoms with Crippen LogP contribution in [0.4, 0.5) is 0 Å². The van der Waals surface area contributed by atoms with Gasteiger partial charge in [0.1, 0.15) is 17.3 Å². The standard InChI is InChI=1S/C35H47N3O8/c1-4-5-17-38-32(40)29(30(39)24-9-7-6-8-10-24)36-34(43)35(38)15-18-37(19-16-35)22-23-11-13-26(14-12-23)46-31-27(44-2)20-25(33(41)42)21-28(31)45-3/h11-14,20-21,24,29-30,39H,4-10,15-19,22H2,1-3H3,(H,36,43)(H,41,42)/t29-,30-/m1/s1. The molecule has 0 unspecified atom stereocenters. The van der Waals surface area contributed by atoms with E-state index in [2.05, 4.69) is 17.1 Å². The molecule has 2 saturated heterocycles. The van der Waals surface area contributed by atoms with Gasteiger partial charge < -0.3 is 34.6 Å². The number of ether oxygens (including phenoxy) is 3. The van der Waals surface area contributed by atoms with Crippen molar-refractivity contribution >= 4 is 17.8 Å². The SMILES string of the molecule is CCCCN1C(=O)[C@@H]([C@H](O)C2CCCCC2)NC(=O)C12CCN(Cc1ccc(Oc3c(OC)cc(C(=O)O)cc3OC)cc1)CC2. The number of amides is 2. The Balaban J connectivity index is 1.23. The van der Waals surface area contributed by atoms with E-state index in [1.54, 1.807) is 4.90 Å². The maximum absolute atomic E-state index is 13.9. The van der Waals surface area contributed by atoms with Crippen molar-refractivity contribution < 1.29 is 38.8 Å². The second-order valence-electron chi connectivity index (χ2n) is 12.8. The van der Waals surface area contributed by atoms with E-state index in [-0.39, 0.29) is 40.5 Å². The van der Waals surface area contributed by atoms with Gasteiger partial charge in [-0.1, -0.05) is 44.7 Å². The van der Waals surface area contributed by atoms with E-state index < -0.39 is 23.7 Å². The number of carbonyl (C=O) groups is 3. The highest BCUT2D eigenvalue weighted by atomic mass is 16.5. The Labute approximate surface area is 270 Å². The van der Waals surface area contributed by atoms with Gasteiger partial charge in [-0.2, -0.15) is 0 Å². The zero-order valence-electron chi connectivity index (χ0n) is 27.1. The number of carbonyl (C=O) groups excluding carboxylic acids is 2. The highest BCUT2D eigenvalue weighted by Gasteiger charge is 2.55. The molecular weight excluding hydrogens is 590 g/mol. The summed E-state index contributed by atoms with van der Waals surface area (Å²) in [6, 6.07) is 9.51. The fraction of sp³-hybridized carbons (Fsp3) is 0.571. The van der Waals surface area contributed by atoms with Crippen LogP contribution < -0.4 is 19.5 Å². The van der Waals surface area contributed by atoms with Crippen LogP contribution in [-0.4, -0.2) is 89.3 Å². The van der Waals surface area contributed by atoms with Gasteiger partial charge in [0.15, 0.2) is 11.5 Å². The lowest BCUT2D eigenvalue weighted by Gasteiger charge is -2.52. The molecule has 2 heterocycles. The number of nitrogens with zero attached hydrogens (tertiary/aromatic N) is 2. The number of carboxylic acids is 1. The number of methoxy groups -OCH3 is 2. The van der Waals surface area contributed by atoms with Crippen molar-refractivity contribution in [1.82, 2.24) is 15.1 Å². The summed E-state index contributed by atoms with van der Waals surface area (Å²) in [5.74, 6) is -0.0106. The molecule has 2 atom stereocenters. The molecule has 1 saturated carbocycles. The van der Waals surface area contributed by atoms with Gasteiger partial charge in [-0.3, -0.25) is 14.5 Å². The number of piperazine rings is 1. The molecule has 3 N–H and O–H groups in total. The summed E-state index contributed by atoms with van der Waals surface area (Å²) in [6.45, 7) is 4.58. The quantitative estimate of drug-likeness (QED) is 0.305. The summed E-state index contributed by atoms with van der Waals surface area (Å²) in [5, 5.41) is 23.6. The molecule has 11 heteroatoms. The molecule has 11 nitrogen and oxygen atoms in total. The van der Waals surface area contributed by atoms with Crippen LogP contribution in [0.2, 0.25) is 0 Å². The number of likely N-dealkylation sites (tertiary alicyclic amines) is 1. The molecule has 250 valence electrons. The smallest absolute Gasteiger partial charge is 0.335 e. The molecule has 2 amide bonds. The highest BCUT2D eigenvalue weighted by molar-refractivity contribution is 6.00. The molecule has 3 fully saturated rings. The summed E-state index contributed by atoms with van der Waals surface area (Å²) < 4.78 is 16.8. The monoisotopic (exact) mass is 637 g/mol. The average molecular weight is 638 g/mol. The number of unbranched alkanes of at least 4 members (excludes halogenated alkanes) is 1. The van der Waals surface area contributed by atoms with Gasteiger partial charge in [0.2, 0.25) is 17.6 Å². The number of nitrogens with one attached hydrogen (secondary N) is 1. The first-order chi connectivity index (χ1) is 22.2. The fourth-order valence-corrected chi connectivity index (χ4v) is 7.18. The van der Waals surface area contributed by atoms with Crippen molar-refractivity contribution in [2.24, 2.45) is 5.92 Å². The number of hydrogen-bond acceptors (Lipinski definition) is 8. The lowest BCUT2D eigenvalue weighted by molar-refractivity contribution is -0.166. The molecule has 1 aliphatic carbocycles. The Hall–Kier alpha value is -3.83. The number of carboxylic acid groups (broad SMARTS) is 1. The van der Waals surface area contributed by atoms with Crippen LogP contribution in [0.3, 0.4) is 0 Å². The zero-order valence-corrected chi connectivity index (χ0v) is 27.1. The first kappa shape index (κ1) is 33.5. The van der Waals surface area contributed by atoms with Gasteiger partial charge in [0.05, 0.1) is 25.9 Å². The molecule has 1 spiro atoms. The molecule has 2 aromatic rings. The Kier molecular flexibility index (Phi) is 10.7. The molecule has 0 radical (unpaired) electrons. The Morgan fingerprint density at radius 1 is 1.02 bits per heavy atom. The molecule has 3 aliphatic rings. The zero-order chi connectivity index (χ0) is 32.8. The van der Waals surface area contributed by atoms with Crippen molar-refractivity contribution in [3.05, 3.63) is 47.5 Å². The second kappa shape index (κ2) is 14.7. The minimum absolute atomic E-state index is 0.0279. The van der Waals surface area contributed by atoms with Gasteiger partial charge in [-0.25, -0.2) is 4.79 Å². The van der Waals surface area contributed by atoms with Gasteiger partial charge in [-0.05, 0) is 67.9 Å². The summed E-state index contributed by atoms with van der Waals surface area (Å²) in [4.78, 5) is 43.2. The maximum Gasteiger partial charge on any atom is 0.335 e. The number of aliphatic hydroxyl groups is 1. The molecule has 0 bridgehead atoms. The van der Waals surface area contributed by atoms with Gasteiger partial charge >= 0.3 is 5.97 Å². The van der Waals surface area contributed by atoms with Crippen LogP contribution in [0.5, 0.6) is 23.0 Å². The Morgan fingerprint density at radius 3 is 2.22 bits per heavy atom. The minimum atomic E-state index is -1.10. The number of aliphatic hydroxyl groups excluding tert-OH is 1. The minimum Gasteiger partial charge on any atom is -0.493 e. The average Bonchev–Trinajstić information content (AvgIpc) is 3.08. The summed E-state index contributed by atoms with van der Waals surface area (Å²) in [5.41, 5.74) is 0.198. The van der Waals surface area contributed by atoms with E-state index in [0.717, 1.165) is 50.5 Å². The van der Waals surface area contributed by atoms with E-state index in [4.69, 9.17) is 14.2 Å². The lowest BCUT2D eigenvalue weighted by Crippen LogP contribution is -2.75. The molecule has 0 aromatic heterocycles. The van der Waals surface area contributed by atoms with Gasteiger partial charge in [0, 0.05) is 26.2 Å². The molecule has 5 rings (SSSR count). The maximum atomic E-state index is 13.9. The van der Waals surface area contributed by atoms with Gasteiger partial charge in [-0.15, -0.1) is 0 Å². The van der Waals surface area contributed by atoms with Crippen LogP contribution >= 0.6 is 0 Å². The lowest BCUT2D eigenvalue weighted by atomic mass is 9.78. The third kappa shape index (κ3) is 6.95. The van der Waals surface area contributed by atoms with Crippen LogP contribution in [0.15, 0.2) is 36.4 Å². The Morgan fingerprint density at radius 2 is 1.65 bits per heavy atom. The predicted molar refractivity (Wildman–Crippen MR) is 171 cm³/mol. The first-order valence-corrected chi connectivity index (χ1v) is 16.5. The fourth-order valence-electron chi connectivity index (χ4n) is 7.18. The molecule has 46 heavy (non-hydrogen) atoms. The molecule has 2 aromatic carbocycles. The predicted octanol–water partition coefficient (Wildman–Crippen LogP) is 4.60. The first-order valence-electron chi connectivity index (χ1n) is 16.5. The number of hydrogen-bond donors (Lipinski definition) is 3. The molecular formula is C35H47N3O8. The number of benzene rings is 2. The van der Waals surface area contributed by atoms with Crippen molar-refractivity contribution in [2.45, 2.75) is 88.9 Å². The van der Waals surface area contributed by atoms with Crippen molar-refractivity contribution in [3.63, 3.8) is 0 Å². The summed E-state index contributed by atoms with van der Waals surface area (Å²) in [7, 11) is 2.88. The normalized spacial score (nSPS) is 21.1. The van der Waals surface area contributed by atoms with E-state index in [9.17, 15) is 24.6 Å². The Bertz CT molecular complexity index is 1360. The van der Waals surface area contributed by atoms with Crippen molar-refractivity contribution in [3.8, 4) is 23.0 Å². The van der Waals surface area contributed by atoms with Crippen LogP contribution in [0.25, 0.3) is 0 Å². The van der Waals surface area contributed by atoms with Crippen molar-refractivity contribution in [2.75, 3.05) is 33.9 Å². The second-order valence-corrected chi connectivity index (χ2v) is 12.8. The van der Waals surface area contributed by atoms with E-state index in [0.29, 0.717) is 44.8 Å². The van der Waals surface area contributed by atoms with Gasteiger partial charge in [0.25, 0.3) is 0 Å². The number of rotatable bonds is 12. The van der Waals surface area contributed by atoms with E-state index >= 15 is 0 Å². The van der Waals surface area contributed by atoms with Crippen LogP contribution in [0.1, 0.15) is 80.6 Å². The highest BCUT2D eigenvalue weighted by Crippen LogP contribution is 2.42. The number of aromatic carboxylic acids is 1. The van der Waals surface area contributed by atoms with Crippen LogP contribution in [0, 0.1) is 5.92 Å². The van der Waals surface area contributed by atoms with Crippen molar-refractivity contribution in [1.29, 1.82) is 0 Å². The topological polar surface area (TPSA) is 138 Å². The van der Waals surface area contributed by atoms with Crippen LogP contribution in [-0.2, 0) is 16.1 Å². The number of piperidine rings is 1. The summed E-state index contributed by atoms with van der Waals surface area (Å²) >= 11 is 0. The van der Waals surface area contributed by atoms with E-state index in [1.165, 1.54) is 26.4 Å². The molecule has 2 aliphatic heterocycles. The largest absolute Gasteiger partial charge is 0.493 e. The third-order valence-corrected chi connectivity index (χ3v) is 9.91. The van der Waals surface area contributed by atoms with E-state index in [1.807, 2.05) is 24.3 Å². The third-order valence-electron chi connectivity index (χ3n) is 9.91.